The number of aliphatic hydroxyl groups is 1. The van der Waals surface area contributed by atoms with Gasteiger partial charge in [-0.25, -0.2) is 0 Å². The summed E-state index contributed by atoms with van der Waals surface area (Å²) in [6.07, 6.45) is 7.36. The van der Waals surface area contributed by atoms with Crippen LogP contribution in [0.25, 0.3) is 0 Å². The van der Waals surface area contributed by atoms with Crippen molar-refractivity contribution >= 4 is 0 Å². The van der Waals surface area contributed by atoms with E-state index in [2.05, 4.69) is 5.32 Å². The molecule has 3 heteroatoms. The van der Waals surface area contributed by atoms with Crippen LogP contribution in [0.4, 0.5) is 0 Å². The molecule has 0 unspecified atom stereocenters. The number of aliphatic hydroxyl groups excluding tert-OH is 1. The van der Waals surface area contributed by atoms with E-state index in [-0.39, 0.29) is 6.10 Å². The number of hydrogen-bond acceptors (Lipinski definition) is 3. The molecule has 2 saturated carbocycles. The first-order chi connectivity index (χ1) is 7.28. The zero-order chi connectivity index (χ0) is 10.7. The minimum Gasteiger partial charge on any atom is -0.393 e. The van der Waals surface area contributed by atoms with E-state index in [0.29, 0.717) is 12.1 Å². The topological polar surface area (TPSA) is 41.5 Å². The van der Waals surface area contributed by atoms with Gasteiger partial charge in [0, 0.05) is 13.2 Å². The van der Waals surface area contributed by atoms with Gasteiger partial charge in [0.15, 0.2) is 0 Å². The first-order valence-electron chi connectivity index (χ1n) is 6.22. The fourth-order valence-corrected chi connectivity index (χ4v) is 2.70. The quantitative estimate of drug-likeness (QED) is 0.739. The van der Waals surface area contributed by atoms with Crippen molar-refractivity contribution in [2.24, 2.45) is 5.92 Å². The lowest BCUT2D eigenvalue weighted by Gasteiger charge is -2.34. The molecule has 0 aromatic carbocycles. The van der Waals surface area contributed by atoms with Gasteiger partial charge in [0.2, 0.25) is 0 Å². The molecule has 0 spiro atoms. The zero-order valence-electron chi connectivity index (χ0n) is 9.61. The monoisotopic (exact) mass is 213 g/mol. The minimum absolute atomic E-state index is 0.0129. The van der Waals surface area contributed by atoms with Gasteiger partial charge in [0.25, 0.3) is 0 Å². The molecular formula is C12H23NO2. The Balaban J connectivity index is 1.56. The minimum atomic E-state index is -0.0129. The second kappa shape index (κ2) is 5.28. The number of hydrogen-bond donors (Lipinski definition) is 2. The molecule has 15 heavy (non-hydrogen) atoms. The molecule has 0 radical (unpaired) electrons. The van der Waals surface area contributed by atoms with Crippen molar-refractivity contribution in [3.63, 3.8) is 0 Å². The fraction of sp³-hybridized carbons (Fsp3) is 1.00. The van der Waals surface area contributed by atoms with Crippen LogP contribution in [0.5, 0.6) is 0 Å². The highest BCUT2D eigenvalue weighted by Crippen LogP contribution is 2.27. The van der Waals surface area contributed by atoms with Gasteiger partial charge in [0.1, 0.15) is 0 Å². The maximum Gasteiger partial charge on any atom is 0.0572 e. The molecule has 0 aromatic heterocycles. The van der Waals surface area contributed by atoms with E-state index in [9.17, 15) is 5.11 Å². The van der Waals surface area contributed by atoms with Gasteiger partial charge in [0.05, 0.1) is 12.2 Å². The van der Waals surface area contributed by atoms with E-state index in [4.69, 9.17) is 4.74 Å². The Morgan fingerprint density at radius 3 is 2.40 bits per heavy atom. The summed E-state index contributed by atoms with van der Waals surface area (Å²) in [5.74, 6) is 0.722. The van der Waals surface area contributed by atoms with E-state index < -0.39 is 0 Å². The third-order valence-corrected chi connectivity index (χ3v) is 3.91. The molecule has 3 nitrogen and oxygen atoms in total. The van der Waals surface area contributed by atoms with Crippen LogP contribution in [0.3, 0.4) is 0 Å². The Kier molecular flexibility index (Phi) is 4.00. The van der Waals surface area contributed by atoms with E-state index in [0.717, 1.165) is 25.3 Å². The Morgan fingerprint density at radius 1 is 1.20 bits per heavy atom. The lowest BCUT2D eigenvalue weighted by molar-refractivity contribution is 0.0367. The summed E-state index contributed by atoms with van der Waals surface area (Å²) in [7, 11) is 1.81. The highest BCUT2D eigenvalue weighted by Gasteiger charge is 2.28. The largest absolute Gasteiger partial charge is 0.393 e. The van der Waals surface area contributed by atoms with Gasteiger partial charge in [-0.1, -0.05) is 0 Å². The molecule has 0 atom stereocenters. The molecule has 2 fully saturated rings. The summed E-state index contributed by atoms with van der Waals surface area (Å²) in [4.78, 5) is 0. The summed E-state index contributed by atoms with van der Waals surface area (Å²) in [5, 5.41) is 12.8. The number of methoxy groups -OCH3 is 1. The number of rotatable bonds is 4. The molecule has 0 aliphatic heterocycles. The standard InChI is InChI=1S/C12H23NO2/c1-15-12-4-2-10(3-5-12)13-8-9-6-11(14)7-9/h9-14H,2-8H2,1H3. The number of ether oxygens (including phenoxy) is 1. The van der Waals surface area contributed by atoms with Crippen molar-refractivity contribution in [2.45, 2.75) is 56.8 Å². The van der Waals surface area contributed by atoms with Gasteiger partial charge in [-0.15, -0.1) is 0 Å². The average molecular weight is 213 g/mol. The Labute approximate surface area is 92.2 Å². The molecule has 2 aliphatic rings. The van der Waals surface area contributed by atoms with E-state index >= 15 is 0 Å². The Bertz CT molecular complexity index is 184. The highest BCUT2D eigenvalue weighted by atomic mass is 16.5. The summed E-state index contributed by atoms with van der Waals surface area (Å²) in [6, 6.07) is 0.689. The predicted octanol–water partition coefficient (Wildman–Crippen LogP) is 1.30. The lowest BCUT2D eigenvalue weighted by atomic mass is 9.82. The van der Waals surface area contributed by atoms with Crippen molar-refractivity contribution in [3.8, 4) is 0 Å². The van der Waals surface area contributed by atoms with Gasteiger partial charge < -0.3 is 15.2 Å². The van der Waals surface area contributed by atoms with Crippen molar-refractivity contribution < 1.29 is 9.84 Å². The average Bonchev–Trinajstić information content (AvgIpc) is 2.23. The van der Waals surface area contributed by atoms with Crippen LogP contribution >= 0.6 is 0 Å². The van der Waals surface area contributed by atoms with Crippen molar-refractivity contribution in [1.29, 1.82) is 0 Å². The number of nitrogens with one attached hydrogen (secondary N) is 1. The first-order valence-corrected chi connectivity index (χ1v) is 6.22. The van der Waals surface area contributed by atoms with E-state index in [1.807, 2.05) is 7.11 Å². The van der Waals surface area contributed by atoms with Crippen LogP contribution in [0.2, 0.25) is 0 Å². The fourth-order valence-electron chi connectivity index (χ4n) is 2.70. The van der Waals surface area contributed by atoms with Gasteiger partial charge >= 0.3 is 0 Å². The lowest BCUT2D eigenvalue weighted by Crippen LogP contribution is -2.42. The molecule has 2 rings (SSSR count). The van der Waals surface area contributed by atoms with Crippen molar-refractivity contribution in [1.82, 2.24) is 5.32 Å². The molecule has 0 saturated heterocycles. The van der Waals surface area contributed by atoms with E-state index in [1.54, 1.807) is 0 Å². The third-order valence-electron chi connectivity index (χ3n) is 3.91. The Morgan fingerprint density at radius 2 is 1.87 bits per heavy atom. The van der Waals surface area contributed by atoms with E-state index in [1.165, 1.54) is 25.7 Å². The SMILES string of the molecule is COC1CCC(NCC2CC(O)C2)CC1. The normalized spacial score (nSPS) is 41.2. The zero-order valence-corrected chi connectivity index (χ0v) is 9.61. The van der Waals surface area contributed by atoms with Gasteiger partial charge in [-0.3, -0.25) is 0 Å². The summed E-state index contributed by atoms with van der Waals surface area (Å²) in [6.45, 7) is 1.10. The van der Waals surface area contributed by atoms with Crippen LogP contribution in [0.1, 0.15) is 38.5 Å². The Hall–Kier alpha value is -0.120. The van der Waals surface area contributed by atoms with Crippen LogP contribution in [-0.4, -0.2) is 37.0 Å². The first kappa shape index (κ1) is 11.4. The summed E-state index contributed by atoms with van der Waals surface area (Å²) in [5.41, 5.74) is 0. The van der Waals surface area contributed by atoms with Crippen LogP contribution in [0.15, 0.2) is 0 Å². The van der Waals surface area contributed by atoms with Crippen LogP contribution in [-0.2, 0) is 4.74 Å². The summed E-state index contributed by atoms with van der Waals surface area (Å²) < 4.78 is 5.35. The van der Waals surface area contributed by atoms with Crippen molar-refractivity contribution in [2.75, 3.05) is 13.7 Å². The molecule has 0 bridgehead atoms. The maximum absolute atomic E-state index is 9.18. The summed E-state index contributed by atoms with van der Waals surface area (Å²) >= 11 is 0. The molecule has 2 N–H and O–H groups in total. The van der Waals surface area contributed by atoms with Gasteiger partial charge in [-0.05, 0) is 51.0 Å². The smallest absolute Gasteiger partial charge is 0.0572 e. The molecule has 88 valence electrons. The molecule has 0 amide bonds. The maximum atomic E-state index is 9.18. The van der Waals surface area contributed by atoms with Gasteiger partial charge in [-0.2, -0.15) is 0 Å². The second-order valence-electron chi connectivity index (χ2n) is 5.11. The van der Waals surface area contributed by atoms with Crippen LogP contribution < -0.4 is 5.32 Å². The molecule has 0 aromatic rings. The predicted molar refractivity (Wildman–Crippen MR) is 59.8 cm³/mol. The molecular weight excluding hydrogens is 190 g/mol. The van der Waals surface area contributed by atoms with Crippen LogP contribution in [0, 0.1) is 5.92 Å². The second-order valence-corrected chi connectivity index (χ2v) is 5.11. The highest BCUT2D eigenvalue weighted by molar-refractivity contribution is 4.83. The molecule has 2 aliphatic carbocycles. The van der Waals surface area contributed by atoms with Crippen molar-refractivity contribution in [3.05, 3.63) is 0 Å². The molecule has 0 heterocycles. The third kappa shape index (κ3) is 3.16.